The topological polar surface area (TPSA) is 42.4 Å². The molecule has 0 radical (unpaired) electrons. The predicted molar refractivity (Wildman–Crippen MR) is 136 cm³/mol. The molecule has 0 saturated heterocycles. The van der Waals surface area contributed by atoms with E-state index in [1.54, 1.807) is 0 Å². The summed E-state index contributed by atoms with van der Waals surface area (Å²) in [5.74, 6) is 0.798. The fourth-order valence-corrected chi connectivity index (χ4v) is 3.74. The second-order valence-corrected chi connectivity index (χ2v) is 8.62. The third kappa shape index (κ3) is 7.35. The van der Waals surface area contributed by atoms with Crippen LogP contribution in [0.5, 0.6) is 5.75 Å². The number of halogens is 1. The Morgan fingerprint density at radius 3 is 1.85 bits per heavy atom. The third-order valence-corrected chi connectivity index (χ3v) is 5.77. The first kappa shape index (κ1) is 25.3. The van der Waals surface area contributed by atoms with Crippen molar-refractivity contribution in [3.05, 3.63) is 120 Å². The molecule has 0 fully saturated rings. The van der Waals surface area contributed by atoms with Crippen LogP contribution in [-0.4, -0.2) is 14.1 Å². The molecule has 5 heteroatoms. The van der Waals surface area contributed by atoms with Crippen LogP contribution < -0.4 is 36.9 Å². The maximum atomic E-state index is 5.83. The minimum atomic E-state index is 0. The van der Waals surface area contributed by atoms with Crippen LogP contribution in [0.4, 0.5) is 11.4 Å². The number of rotatable bonds is 9. The van der Waals surface area contributed by atoms with Crippen molar-refractivity contribution in [1.29, 1.82) is 0 Å². The average Bonchev–Trinajstić information content (AvgIpc) is 2.83. The number of hydrogen-bond acceptors (Lipinski definition) is 3. The SMILES string of the molecule is CN(C)c1cc[n+](Cc2ccc(CCc3ccc(COc4cccc(N)c4)cc3)cc2)cc1.[Br-]. The van der Waals surface area contributed by atoms with Gasteiger partial charge in [0.05, 0.1) is 0 Å². The first-order valence-corrected chi connectivity index (χ1v) is 11.4. The minimum Gasteiger partial charge on any atom is -1.00 e. The van der Waals surface area contributed by atoms with E-state index in [1.807, 2.05) is 24.3 Å². The summed E-state index contributed by atoms with van der Waals surface area (Å²) in [6, 6.07) is 29.5. The summed E-state index contributed by atoms with van der Waals surface area (Å²) in [4.78, 5) is 2.11. The summed E-state index contributed by atoms with van der Waals surface area (Å²) in [5.41, 5.74) is 12.9. The molecule has 34 heavy (non-hydrogen) atoms. The highest BCUT2D eigenvalue weighted by molar-refractivity contribution is 5.43. The van der Waals surface area contributed by atoms with E-state index >= 15 is 0 Å². The third-order valence-electron chi connectivity index (χ3n) is 5.77. The Balaban J connectivity index is 0.00000324. The molecular formula is C29H32BrN3O. The Hall–Kier alpha value is -3.31. The number of anilines is 2. The highest BCUT2D eigenvalue weighted by Gasteiger charge is 2.05. The lowest BCUT2D eigenvalue weighted by Crippen LogP contribution is -3.00. The predicted octanol–water partition coefficient (Wildman–Crippen LogP) is 2.04. The molecule has 3 aromatic carbocycles. The number of nitrogens with zero attached hydrogens (tertiary/aromatic N) is 2. The monoisotopic (exact) mass is 517 g/mol. The highest BCUT2D eigenvalue weighted by Crippen LogP contribution is 2.17. The molecule has 0 aliphatic rings. The molecule has 0 aliphatic heterocycles. The number of nitrogen functional groups attached to an aromatic ring is 1. The summed E-state index contributed by atoms with van der Waals surface area (Å²) < 4.78 is 8.04. The molecule has 0 atom stereocenters. The molecule has 0 amide bonds. The van der Waals surface area contributed by atoms with E-state index in [4.69, 9.17) is 10.5 Å². The Morgan fingerprint density at radius 1 is 0.735 bits per heavy atom. The van der Waals surface area contributed by atoms with Crippen LogP contribution in [0, 0.1) is 0 Å². The van der Waals surface area contributed by atoms with Gasteiger partial charge in [0.2, 0.25) is 0 Å². The molecule has 0 bridgehead atoms. The fourth-order valence-electron chi connectivity index (χ4n) is 3.74. The number of aryl methyl sites for hydroxylation is 2. The molecule has 4 nitrogen and oxygen atoms in total. The van der Waals surface area contributed by atoms with Gasteiger partial charge in [-0.1, -0.05) is 54.6 Å². The molecular weight excluding hydrogens is 486 g/mol. The number of aromatic nitrogens is 1. The van der Waals surface area contributed by atoms with Gasteiger partial charge in [-0.05, 0) is 41.7 Å². The first-order chi connectivity index (χ1) is 16.0. The zero-order chi connectivity index (χ0) is 23.0. The van der Waals surface area contributed by atoms with Crippen LogP contribution >= 0.6 is 0 Å². The molecule has 0 saturated carbocycles. The molecule has 4 rings (SSSR count). The molecule has 1 heterocycles. The van der Waals surface area contributed by atoms with Gasteiger partial charge in [0.25, 0.3) is 0 Å². The molecule has 176 valence electrons. The van der Waals surface area contributed by atoms with Crippen LogP contribution in [0.2, 0.25) is 0 Å². The maximum Gasteiger partial charge on any atom is 0.173 e. The summed E-state index contributed by atoms with van der Waals surface area (Å²) in [6.45, 7) is 1.42. The average molecular weight is 518 g/mol. The normalized spacial score (nSPS) is 10.4. The van der Waals surface area contributed by atoms with Crippen molar-refractivity contribution in [3.8, 4) is 5.75 Å². The van der Waals surface area contributed by atoms with Crippen molar-refractivity contribution in [2.45, 2.75) is 26.0 Å². The van der Waals surface area contributed by atoms with Gasteiger partial charge >= 0.3 is 0 Å². The van der Waals surface area contributed by atoms with Gasteiger partial charge in [-0.25, -0.2) is 4.57 Å². The molecule has 1 aromatic heterocycles. The minimum absolute atomic E-state index is 0. The number of ether oxygens (including phenoxy) is 1. The second kappa shape index (κ2) is 12.2. The van der Waals surface area contributed by atoms with E-state index in [0.29, 0.717) is 12.3 Å². The quantitative estimate of drug-likeness (QED) is 0.273. The lowest BCUT2D eigenvalue weighted by Gasteiger charge is -2.10. The lowest BCUT2D eigenvalue weighted by atomic mass is 10.0. The molecule has 0 spiro atoms. The maximum absolute atomic E-state index is 5.83. The summed E-state index contributed by atoms with van der Waals surface area (Å²) in [5, 5.41) is 0. The van der Waals surface area contributed by atoms with Crippen LogP contribution in [0.3, 0.4) is 0 Å². The Morgan fingerprint density at radius 2 is 1.29 bits per heavy atom. The molecule has 0 unspecified atom stereocenters. The molecule has 0 aliphatic carbocycles. The number of benzene rings is 3. The summed E-state index contributed by atoms with van der Waals surface area (Å²) >= 11 is 0. The van der Waals surface area contributed by atoms with Crippen LogP contribution in [0.25, 0.3) is 0 Å². The van der Waals surface area contributed by atoms with E-state index in [9.17, 15) is 0 Å². The Kier molecular flexibility index (Phi) is 9.11. The standard InChI is InChI=1S/C29H32N3O.BrH/c1-31(2)28-16-18-32(19-17-28)21-25-12-8-23(9-13-25)6-7-24-10-14-26(15-11-24)22-33-29-5-3-4-27(30)20-29;/h3-5,8-20H,6-7,21-22,30H2,1-2H3;1H/q+1;/p-1. The van der Waals surface area contributed by atoms with E-state index in [-0.39, 0.29) is 17.0 Å². The van der Waals surface area contributed by atoms with Crippen molar-refractivity contribution in [2.24, 2.45) is 0 Å². The van der Waals surface area contributed by atoms with E-state index in [1.165, 1.54) is 22.4 Å². The number of nitrogens with two attached hydrogens (primary N) is 1. The Bertz CT molecular complexity index is 1160. The van der Waals surface area contributed by atoms with Gasteiger partial charge in [0, 0.05) is 49.2 Å². The van der Waals surface area contributed by atoms with Crippen molar-refractivity contribution >= 4 is 11.4 Å². The zero-order valence-electron chi connectivity index (χ0n) is 19.8. The second-order valence-electron chi connectivity index (χ2n) is 8.62. The van der Waals surface area contributed by atoms with Gasteiger partial charge in [-0.3, -0.25) is 0 Å². The smallest absolute Gasteiger partial charge is 0.173 e. The van der Waals surface area contributed by atoms with Crippen molar-refractivity contribution in [3.63, 3.8) is 0 Å². The first-order valence-electron chi connectivity index (χ1n) is 11.4. The van der Waals surface area contributed by atoms with Crippen molar-refractivity contribution in [1.82, 2.24) is 0 Å². The van der Waals surface area contributed by atoms with Gasteiger partial charge in [0.1, 0.15) is 12.4 Å². The lowest BCUT2D eigenvalue weighted by molar-refractivity contribution is -0.688. The van der Waals surface area contributed by atoms with Crippen LogP contribution in [0.1, 0.15) is 22.3 Å². The zero-order valence-corrected chi connectivity index (χ0v) is 21.4. The van der Waals surface area contributed by atoms with Crippen molar-refractivity contribution < 1.29 is 26.3 Å². The fraction of sp³-hybridized carbons (Fsp3) is 0.207. The van der Waals surface area contributed by atoms with E-state index in [0.717, 1.165) is 30.7 Å². The number of hydrogen-bond donors (Lipinski definition) is 1. The van der Waals surface area contributed by atoms with Gasteiger partial charge in [-0.15, -0.1) is 0 Å². The van der Waals surface area contributed by atoms with Gasteiger partial charge < -0.3 is 32.4 Å². The summed E-state index contributed by atoms with van der Waals surface area (Å²) in [6.07, 6.45) is 6.32. The molecule has 2 N–H and O–H groups in total. The van der Waals surface area contributed by atoms with Gasteiger partial charge in [-0.2, -0.15) is 0 Å². The highest BCUT2D eigenvalue weighted by atomic mass is 79.9. The van der Waals surface area contributed by atoms with Gasteiger partial charge in [0.15, 0.2) is 18.9 Å². The largest absolute Gasteiger partial charge is 1.00 e. The number of pyridine rings is 1. The Labute approximate surface area is 213 Å². The summed E-state index contributed by atoms with van der Waals surface area (Å²) in [7, 11) is 4.12. The van der Waals surface area contributed by atoms with Crippen LogP contribution in [0.15, 0.2) is 97.3 Å². The van der Waals surface area contributed by atoms with Crippen molar-refractivity contribution in [2.75, 3.05) is 24.7 Å². The van der Waals surface area contributed by atoms with Crippen LogP contribution in [-0.2, 0) is 26.0 Å². The van der Waals surface area contributed by atoms with E-state index in [2.05, 4.69) is 96.6 Å². The molecule has 4 aromatic rings. The van der Waals surface area contributed by atoms with E-state index < -0.39 is 0 Å².